The van der Waals surface area contributed by atoms with Crippen molar-refractivity contribution in [3.8, 4) is 5.75 Å². The van der Waals surface area contributed by atoms with Gasteiger partial charge in [-0.25, -0.2) is 0 Å². The van der Waals surface area contributed by atoms with Crippen molar-refractivity contribution in [3.63, 3.8) is 0 Å². The van der Waals surface area contributed by atoms with Crippen molar-refractivity contribution in [3.05, 3.63) is 58.6 Å². The maximum absolute atomic E-state index is 12.7. The standard InChI is InChI=1S/C21H23ClN2O3/c1-14-3-6-16(22)13-18(14)24-20(26)21(10-11-21)19(25)23-12-9-15-4-7-17(27-2)8-5-15/h3-8,13H,9-12H2,1-2H3,(H,23,25)(H,24,26). The monoisotopic (exact) mass is 386 g/mol. The summed E-state index contributed by atoms with van der Waals surface area (Å²) in [5.41, 5.74) is 1.68. The first kappa shape index (κ1) is 19.2. The van der Waals surface area contributed by atoms with Crippen molar-refractivity contribution in [2.75, 3.05) is 19.0 Å². The summed E-state index contributed by atoms with van der Waals surface area (Å²) in [5, 5.41) is 6.30. The lowest BCUT2D eigenvalue weighted by Gasteiger charge is -2.16. The van der Waals surface area contributed by atoms with Crippen molar-refractivity contribution < 1.29 is 14.3 Å². The van der Waals surface area contributed by atoms with E-state index in [0.717, 1.165) is 16.9 Å². The fourth-order valence-electron chi connectivity index (χ4n) is 2.93. The van der Waals surface area contributed by atoms with Gasteiger partial charge >= 0.3 is 0 Å². The van der Waals surface area contributed by atoms with Gasteiger partial charge in [-0.3, -0.25) is 9.59 Å². The van der Waals surface area contributed by atoms with Crippen LogP contribution in [0.3, 0.4) is 0 Å². The zero-order chi connectivity index (χ0) is 19.4. The van der Waals surface area contributed by atoms with E-state index < -0.39 is 5.41 Å². The molecule has 2 N–H and O–H groups in total. The van der Waals surface area contributed by atoms with Gasteiger partial charge in [-0.1, -0.05) is 29.8 Å². The number of benzene rings is 2. The molecule has 0 saturated heterocycles. The molecule has 0 spiro atoms. The molecule has 0 bridgehead atoms. The molecule has 0 unspecified atom stereocenters. The molecule has 0 atom stereocenters. The predicted molar refractivity (Wildman–Crippen MR) is 106 cm³/mol. The highest BCUT2D eigenvalue weighted by Gasteiger charge is 2.56. The highest BCUT2D eigenvalue weighted by molar-refractivity contribution is 6.31. The average molecular weight is 387 g/mol. The van der Waals surface area contributed by atoms with Crippen LogP contribution in [-0.2, 0) is 16.0 Å². The van der Waals surface area contributed by atoms with Crippen molar-refractivity contribution in [2.45, 2.75) is 26.2 Å². The van der Waals surface area contributed by atoms with Crippen LogP contribution in [0.15, 0.2) is 42.5 Å². The van der Waals surface area contributed by atoms with Gasteiger partial charge in [0.1, 0.15) is 11.2 Å². The molecule has 0 radical (unpaired) electrons. The lowest BCUT2D eigenvalue weighted by atomic mass is 10.0. The molecule has 1 fully saturated rings. The smallest absolute Gasteiger partial charge is 0.240 e. The predicted octanol–water partition coefficient (Wildman–Crippen LogP) is 3.73. The molecule has 1 aliphatic rings. The minimum Gasteiger partial charge on any atom is -0.497 e. The molecule has 3 rings (SSSR count). The van der Waals surface area contributed by atoms with E-state index in [2.05, 4.69) is 10.6 Å². The molecule has 6 heteroatoms. The van der Waals surface area contributed by atoms with E-state index in [4.69, 9.17) is 16.3 Å². The minimum atomic E-state index is -0.964. The van der Waals surface area contributed by atoms with Crippen molar-refractivity contribution in [1.82, 2.24) is 5.32 Å². The maximum Gasteiger partial charge on any atom is 0.240 e. The molecule has 1 aliphatic carbocycles. The lowest BCUT2D eigenvalue weighted by Crippen LogP contribution is -2.40. The van der Waals surface area contributed by atoms with Crippen LogP contribution in [-0.4, -0.2) is 25.5 Å². The molecule has 2 amide bonds. The average Bonchev–Trinajstić information content (AvgIpc) is 3.47. The summed E-state index contributed by atoms with van der Waals surface area (Å²) in [6, 6.07) is 13.0. The van der Waals surface area contributed by atoms with E-state index >= 15 is 0 Å². The van der Waals surface area contributed by atoms with Gasteiger partial charge in [0.25, 0.3) is 0 Å². The fourth-order valence-corrected chi connectivity index (χ4v) is 3.11. The Labute approximate surface area is 164 Å². The van der Waals surface area contributed by atoms with Crippen LogP contribution >= 0.6 is 11.6 Å². The van der Waals surface area contributed by atoms with Crippen LogP contribution in [0, 0.1) is 12.3 Å². The van der Waals surface area contributed by atoms with E-state index in [9.17, 15) is 9.59 Å². The van der Waals surface area contributed by atoms with Crippen LogP contribution in [0.5, 0.6) is 5.75 Å². The summed E-state index contributed by atoms with van der Waals surface area (Å²) < 4.78 is 5.13. The van der Waals surface area contributed by atoms with E-state index in [1.165, 1.54) is 0 Å². The molecular weight excluding hydrogens is 364 g/mol. The van der Waals surface area contributed by atoms with Gasteiger partial charge in [0.05, 0.1) is 7.11 Å². The number of ether oxygens (including phenoxy) is 1. The molecule has 0 aromatic heterocycles. The van der Waals surface area contributed by atoms with E-state index in [0.29, 0.717) is 36.5 Å². The largest absolute Gasteiger partial charge is 0.497 e. The Bertz CT molecular complexity index is 845. The zero-order valence-electron chi connectivity index (χ0n) is 15.5. The van der Waals surface area contributed by atoms with Crippen LogP contribution in [0.1, 0.15) is 24.0 Å². The third-order valence-corrected chi connectivity index (χ3v) is 5.16. The van der Waals surface area contributed by atoms with Crippen LogP contribution < -0.4 is 15.4 Å². The maximum atomic E-state index is 12.7. The number of amides is 2. The van der Waals surface area contributed by atoms with Gasteiger partial charge in [0.15, 0.2) is 0 Å². The fraction of sp³-hybridized carbons (Fsp3) is 0.333. The number of carbonyl (C=O) groups is 2. The summed E-state index contributed by atoms with van der Waals surface area (Å²) in [6.45, 7) is 2.37. The molecule has 27 heavy (non-hydrogen) atoms. The second kappa shape index (κ2) is 8.01. The second-order valence-electron chi connectivity index (χ2n) is 6.85. The first-order chi connectivity index (χ1) is 12.9. The third kappa shape index (κ3) is 4.42. The number of carbonyl (C=O) groups excluding carboxylic acids is 2. The van der Waals surface area contributed by atoms with Gasteiger partial charge < -0.3 is 15.4 Å². The second-order valence-corrected chi connectivity index (χ2v) is 7.29. The SMILES string of the molecule is COc1ccc(CCNC(=O)C2(C(=O)Nc3cc(Cl)ccc3C)CC2)cc1. The van der Waals surface area contributed by atoms with Crippen LogP contribution in [0.4, 0.5) is 5.69 Å². The molecule has 2 aromatic rings. The molecule has 1 saturated carbocycles. The molecular formula is C21H23ClN2O3. The number of nitrogens with one attached hydrogen (secondary N) is 2. The zero-order valence-corrected chi connectivity index (χ0v) is 16.2. The number of hydrogen-bond donors (Lipinski definition) is 2. The molecule has 0 aliphatic heterocycles. The number of hydrogen-bond acceptors (Lipinski definition) is 3. The first-order valence-electron chi connectivity index (χ1n) is 8.93. The molecule has 0 heterocycles. The first-order valence-corrected chi connectivity index (χ1v) is 9.31. The van der Waals surface area contributed by atoms with Gasteiger partial charge in [-0.2, -0.15) is 0 Å². The third-order valence-electron chi connectivity index (χ3n) is 4.93. The van der Waals surface area contributed by atoms with Gasteiger partial charge in [-0.15, -0.1) is 0 Å². The highest BCUT2D eigenvalue weighted by Crippen LogP contribution is 2.47. The number of aryl methyl sites for hydroxylation is 1. The van der Waals surface area contributed by atoms with Gasteiger partial charge in [0.2, 0.25) is 11.8 Å². The van der Waals surface area contributed by atoms with E-state index in [1.54, 1.807) is 19.2 Å². The Morgan fingerprint density at radius 2 is 1.81 bits per heavy atom. The number of halogens is 1. The quantitative estimate of drug-likeness (QED) is 0.712. The van der Waals surface area contributed by atoms with E-state index in [-0.39, 0.29) is 11.8 Å². The Balaban J connectivity index is 1.55. The summed E-state index contributed by atoms with van der Waals surface area (Å²) >= 11 is 6.00. The number of methoxy groups -OCH3 is 1. The summed E-state index contributed by atoms with van der Waals surface area (Å²) in [4.78, 5) is 25.3. The Hall–Kier alpha value is -2.53. The molecule has 5 nitrogen and oxygen atoms in total. The molecule has 142 valence electrons. The van der Waals surface area contributed by atoms with Gasteiger partial charge in [0, 0.05) is 17.3 Å². The van der Waals surface area contributed by atoms with E-state index in [1.807, 2.05) is 37.3 Å². The topological polar surface area (TPSA) is 67.4 Å². The lowest BCUT2D eigenvalue weighted by molar-refractivity contribution is -0.134. The van der Waals surface area contributed by atoms with Crippen LogP contribution in [0.2, 0.25) is 5.02 Å². The van der Waals surface area contributed by atoms with Crippen molar-refractivity contribution in [1.29, 1.82) is 0 Å². The van der Waals surface area contributed by atoms with Crippen LogP contribution in [0.25, 0.3) is 0 Å². The summed E-state index contributed by atoms with van der Waals surface area (Å²) in [7, 11) is 1.63. The van der Waals surface area contributed by atoms with Crippen molar-refractivity contribution >= 4 is 29.1 Å². The highest BCUT2D eigenvalue weighted by atomic mass is 35.5. The summed E-state index contributed by atoms with van der Waals surface area (Å²) in [6.07, 6.45) is 1.82. The Morgan fingerprint density at radius 1 is 1.11 bits per heavy atom. The minimum absolute atomic E-state index is 0.215. The van der Waals surface area contributed by atoms with Gasteiger partial charge in [-0.05, 0) is 61.6 Å². The number of rotatable bonds is 7. The molecule has 2 aromatic carbocycles. The van der Waals surface area contributed by atoms with Crippen molar-refractivity contribution in [2.24, 2.45) is 5.41 Å². The Kier molecular flexibility index (Phi) is 5.71. The Morgan fingerprint density at radius 3 is 2.44 bits per heavy atom. The number of anilines is 1. The normalized spacial score (nSPS) is 14.3. The summed E-state index contributed by atoms with van der Waals surface area (Å²) in [5.74, 6) is 0.315.